The van der Waals surface area contributed by atoms with E-state index in [9.17, 15) is 0 Å². The van der Waals surface area contributed by atoms with Crippen LogP contribution in [0.1, 0.15) is 36.9 Å². The first-order valence-corrected chi connectivity index (χ1v) is 6.15. The number of ether oxygens (including phenoxy) is 1. The van der Waals surface area contributed by atoms with Gasteiger partial charge in [0.1, 0.15) is 0 Å². The van der Waals surface area contributed by atoms with Crippen molar-refractivity contribution in [1.29, 1.82) is 0 Å². The highest BCUT2D eigenvalue weighted by atomic mass is 16.5. The van der Waals surface area contributed by atoms with E-state index in [0.29, 0.717) is 18.1 Å². The van der Waals surface area contributed by atoms with Gasteiger partial charge in [0.05, 0.1) is 18.5 Å². The lowest BCUT2D eigenvalue weighted by atomic mass is 9.99. The Balaban J connectivity index is 1.84. The predicted octanol–water partition coefficient (Wildman–Crippen LogP) is 1.31. The van der Waals surface area contributed by atoms with Crippen LogP contribution in [0.4, 0.5) is 0 Å². The summed E-state index contributed by atoms with van der Waals surface area (Å²) in [5, 5.41) is 3.32. The van der Waals surface area contributed by atoms with Gasteiger partial charge in [-0.2, -0.15) is 0 Å². The molecule has 2 aliphatic rings. The van der Waals surface area contributed by atoms with Crippen LogP contribution in [0.15, 0.2) is 12.5 Å². The van der Waals surface area contributed by atoms with Gasteiger partial charge in [-0.25, -0.2) is 4.98 Å². The van der Waals surface area contributed by atoms with Crippen molar-refractivity contribution in [3.63, 3.8) is 0 Å². The van der Waals surface area contributed by atoms with Gasteiger partial charge in [0.15, 0.2) is 0 Å². The molecule has 16 heavy (non-hydrogen) atoms. The standard InChI is InChI=1S/C12H19N3O/c1-16-12-4-2-3-10(12)15-8-14-7-11(15)9-5-13-6-9/h7-10,12-13H,2-6H2,1H3. The fourth-order valence-corrected chi connectivity index (χ4v) is 2.91. The van der Waals surface area contributed by atoms with Gasteiger partial charge >= 0.3 is 0 Å². The third kappa shape index (κ3) is 1.57. The van der Waals surface area contributed by atoms with Gasteiger partial charge in [0.25, 0.3) is 0 Å². The second kappa shape index (κ2) is 4.18. The quantitative estimate of drug-likeness (QED) is 0.836. The summed E-state index contributed by atoms with van der Waals surface area (Å²) in [4.78, 5) is 4.32. The maximum atomic E-state index is 5.57. The van der Waals surface area contributed by atoms with Crippen molar-refractivity contribution < 1.29 is 4.74 Å². The molecule has 1 aliphatic heterocycles. The van der Waals surface area contributed by atoms with Gasteiger partial charge in [-0.1, -0.05) is 0 Å². The molecule has 2 fully saturated rings. The summed E-state index contributed by atoms with van der Waals surface area (Å²) < 4.78 is 7.92. The van der Waals surface area contributed by atoms with E-state index in [-0.39, 0.29) is 0 Å². The van der Waals surface area contributed by atoms with Crippen molar-refractivity contribution in [1.82, 2.24) is 14.9 Å². The molecule has 88 valence electrons. The average molecular weight is 221 g/mol. The molecular weight excluding hydrogens is 202 g/mol. The fourth-order valence-electron chi connectivity index (χ4n) is 2.91. The minimum absolute atomic E-state index is 0.376. The lowest BCUT2D eigenvalue weighted by Gasteiger charge is -2.30. The lowest BCUT2D eigenvalue weighted by Crippen LogP contribution is -2.41. The van der Waals surface area contributed by atoms with E-state index in [1.165, 1.54) is 25.0 Å². The third-order valence-corrected chi connectivity index (χ3v) is 3.97. The molecule has 0 aromatic carbocycles. The normalized spacial score (nSPS) is 30.6. The average Bonchev–Trinajstić information content (AvgIpc) is 2.81. The molecule has 1 saturated heterocycles. The van der Waals surface area contributed by atoms with Crippen molar-refractivity contribution in [2.75, 3.05) is 20.2 Å². The molecule has 1 aromatic rings. The number of methoxy groups -OCH3 is 1. The zero-order valence-corrected chi connectivity index (χ0v) is 9.72. The van der Waals surface area contributed by atoms with E-state index in [4.69, 9.17) is 4.74 Å². The second-order valence-corrected chi connectivity index (χ2v) is 4.85. The predicted molar refractivity (Wildman–Crippen MR) is 61.5 cm³/mol. The molecule has 4 heteroatoms. The number of hydrogen-bond acceptors (Lipinski definition) is 3. The van der Waals surface area contributed by atoms with Gasteiger partial charge < -0.3 is 14.6 Å². The molecule has 2 unspecified atom stereocenters. The summed E-state index contributed by atoms with van der Waals surface area (Å²) in [6.07, 6.45) is 8.06. The highest BCUT2D eigenvalue weighted by molar-refractivity contribution is 5.13. The third-order valence-electron chi connectivity index (χ3n) is 3.97. The number of aromatic nitrogens is 2. The summed E-state index contributed by atoms with van der Waals surface area (Å²) in [5.41, 5.74) is 1.38. The summed E-state index contributed by atoms with van der Waals surface area (Å²) in [7, 11) is 1.82. The molecule has 3 rings (SSSR count). The van der Waals surface area contributed by atoms with Crippen LogP contribution in [0.25, 0.3) is 0 Å². The molecule has 0 spiro atoms. The van der Waals surface area contributed by atoms with Crippen LogP contribution in [0.2, 0.25) is 0 Å². The van der Waals surface area contributed by atoms with Crippen LogP contribution in [-0.4, -0.2) is 35.9 Å². The van der Waals surface area contributed by atoms with E-state index in [2.05, 4.69) is 14.9 Å². The van der Waals surface area contributed by atoms with Crippen molar-refractivity contribution >= 4 is 0 Å². The fraction of sp³-hybridized carbons (Fsp3) is 0.750. The van der Waals surface area contributed by atoms with Gasteiger partial charge in [0.2, 0.25) is 0 Å². The molecule has 1 aromatic heterocycles. The summed E-state index contributed by atoms with van der Waals surface area (Å²) in [5.74, 6) is 0.653. The molecule has 0 radical (unpaired) electrons. The van der Waals surface area contributed by atoms with Crippen LogP contribution < -0.4 is 5.32 Å². The van der Waals surface area contributed by atoms with E-state index >= 15 is 0 Å². The SMILES string of the molecule is COC1CCCC1n1cncc1C1CNC1. The zero-order chi connectivity index (χ0) is 11.0. The minimum atomic E-state index is 0.376. The van der Waals surface area contributed by atoms with Crippen LogP contribution in [0.5, 0.6) is 0 Å². The molecule has 1 aliphatic carbocycles. The number of imidazole rings is 1. The van der Waals surface area contributed by atoms with Crippen LogP contribution in [0.3, 0.4) is 0 Å². The van der Waals surface area contributed by atoms with E-state index in [1.54, 1.807) is 0 Å². The first kappa shape index (κ1) is 10.3. The second-order valence-electron chi connectivity index (χ2n) is 4.85. The molecule has 0 amide bonds. The number of hydrogen-bond donors (Lipinski definition) is 1. The molecule has 4 nitrogen and oxygen atoms in total. The molecule has 0 bridgehead atoms. The number of nitrogens with one attached hydrogen (secondary N) is 1. The van der Waals surface area contributed by atoms with Crippen LogP contribution in [-0.2, 0) is 4.74 Å². The Morgan fingerprint density at radius 1 is 1.44 bits per heavy atom. The van der Waals surface area contributed by atoms with Crippen molar-refractivity contribution in [2.24, 2.45) is 0 Å². The Morgan fingerprint density at radius 2 is 2.31 bits per heavy atom. The van der Waals surface area contributed by atoms with E-state index < -0.39 is 0 Å². The first-order chi connectivity index (χ1) is 7.90. The lowest BCUT2D eigenvalue weighted by molar-refractivity contribution is 0.0734. The Kier molecular flexibility index (Phi) is 2.69. The largest absolute Gasteiger partial charge is 0.379 e. The molecule has 2 atom stereocenters. The Bertz CT molecular complexity index is 359. The first-order valence-electron chi connectivity index (χ1n) is 6.15. The van der Waals surface area contributed by atoms with Gasteiger partial charge in [-0.15, -0.1) is 0 Å². The van der Waals surface area contributed by atoms with Crippen molar-refractivity contribution in [3.8, 4) is 0 Å². The van der Waals surface area contributed by atoms with Gasteiger partial charge in [-0.05, 0) is 19.3 Å². The summed E-state index contributed by atoms with van der Waals surface area (Å²) in [6.45, 7) is 2.19. The summed E-state index contributed by atoms with van der Waals surface area (Å²) in [6, 6.07) is 0.503. The molecule has 1 N–H and O–H groups in total. The van der Waals surface area contributed by atoms with Gasteiger partial charge in [0, 0.05) is 38.0 Å². The van der Waals surface area contributed by atoms with Gasteiger partial charge in [-0.3, -0.25) is 0 Å². The van der Waals surface area contributed by atoms with E-state index in [0.717, 1.165) is 13.1 Å². The topological polar surface area (TPSA) is 39.1 Å². The van der Waals surface area contributed by atoms with Crippen molar-refractivity contribution in [2.45, 2.75) is 37.3 Å². The van der Waals surface area contributed by atoms with Crippen molar-refractivity contribution in [3.05, 3.63) is 18.2 Å². The minimum Gasteiger partial charge on any atom is -0.379 e. The summed E-state index contributed by atoms with van der Waals surface area (Å²) >= 11 is 0. The highest BCUT2D eigenvalue weighted by Gasteiger charge is 2.32. The molecule has 2 heterocycles. The molecule has 1 saturated carbocycles. The Labute approximate surface area is 96.0 Å². The maximum absolute atomic E-state index is 5.57. The zero-order valence-electron chi connectivity index (χ0n) is 9.72. The van der Waals surface area contributed by atoms with Crippen LogP contribution >= 0.6 is 0 Å². The highest BCUT2D eigenvalue weighted by Crippen LogP contribution is 2.34. The van der Waals surface area contributed by atoms with E-state index in [1.807, 2.05) is 19.6 Å². The molecular formula is C12H19N3O. The maximum Gasteiger partial charge on any atom is 0.0951 e. The Morgan fingerprint density at radius 3 is 3.00 bits per heavy atom. The number of nitrogens with zero attached hydrogens (tertiary/aromatic N) is 2. The van der Waals surface area contributed by atoms with Crippen LogP contribution in [0, 0.1) is 0 Å². The monoisotopic (exact) mass is 221 g/mol. The number of rotatable bonds is 3. The Hall–Kier alpha value is -0.870. The smallest absolute Gasteiger partial charge is 0.0951 e.